The summed E-state index contributed by atoms with van der Waals surface area (Å²) in [7, 11) is 0. The van der Waals surface area contributed by atoms with Gasteiger partial charge >= 0.3 is 0 Å². The van der Waals surface area contributed by atoms with Gasteiger partial charge < -0.3 is 5.73 Å². The van der Waals surface area contributed by atoms with Crippen LogP contribution in [0.1, 0.15) is 30.9 Å². The zero-order chi connectivity index (χ0) is 13.7. The Labute approximate surface area is 120 Å². The largest absolute Gasteiger partial charge is 0.321 e. The first-order valence-electron chi connectivity index (χ1n) is 6.73. The van der Waals surface area contributed by atoms with E-state index in [2.05, 4.69) is 25.1 Å². The lowest BCUT2D eigenvalue weighted by Crippen LogP contribution is -2.38. The van der Waals surface area contributed by atoms with Crippen molar-refractivity contribution >= 4 is 11.6 Å². The molecule has 0 aromatic heterocycles. The Morgan fingerprint density at radius 2 is 1.79 bits per heavy atom. The van der Waals surface area contributed by atoms with Crippen molar-refractivity contribution < 1.29 is 0 Å². The fourth-order valence-electron chi connectivity index (χ4n) is 2.56. The van der Waals surface area contributed by atoms with Crippen molar-refractivity contribution in [3.05, 3.63) is 70.7 Å². The molecule has 100 valence electrons. The lowest BCUT2D eigenvalue weighted by molar-refractivity contribution is 0.401. The van der Waals surface area contributed by atoms with Crippen LogP contribution >= 0.6 is 11.6 Å². The molecule has 2 heteroatoms. The van der Waals surface area contributed by atoms with Crippen LogP contribution in [-0.4, -0.2) is 0 Å². The van der Waals surface area contributed by atoms with Gasteiger partial charge in [0.25, 0.3) is 0 Å². The molecule has 0 aliphatic rings. The predicted molar refractivity (Wildman–Crippen MR) is 82.4 cm³/mol. The SMILES string of the molecule is CCCC(N)(Cc1cccc(Cl)c1)c1ccccc1. The third-order valence-electron chi connectivity index (χ3n) is 3.45. The number of benzene rings is 2. The highest BCUT2D eigenvalue weighted by atomic mass is 35.5. The first-order valence-corrected chi connectivity index (χ1v) is 7.11. The zero-order valence-corrected chi connectivity index (χ0v) is 12.0. The van der Waals surface area contributed by atoms with E-state index in [9.17, 15) is 0 Å². The molecule has 2 aromatic carbocycles. The van der Waals surface area contributed by atoms with Gasteiger partial charge in [0.2, 0.25) is 0 Å². The third kappa shape index (κ3) is 3.59. The van der Waals surface area contributed by atoms with Gasteiger partial charge in [0.05, 0.1) is 0 Å². The monoisotopic (exact) mass is 273 g/mol. The van der Waals surface area contributed by atoms with Gasteiger partial charge in [-0.15, -0.1) is 0 Å². The van der Waals surface area contributed by atoms with Crippen molar-refractivity contribution in [2.24, 2.45) is 5.73 Å². The van der Waals surface area contributed by atoms with Crippen molar-refractivity contribution in [3.63, 3.8) is 0 Å². The van der Waals surface area contributed by atoms with E-state index in [4.69, 9.17) is 17.3 Å². The number of hydrogen-bond acceptors (Lipinski definition) is 1. The molecule has 2 N–H and O–H groups in total. The van der Waals surface area contributed by atoms with Crippen LogP contribution in [-0.2, 0) is 12.0 Å². The summed E-state index contributed by atoms with van der Waals surface area (Å²) >= 11 is 6.06. The molecular formula is C17H20ClN. The Balaban J connectivity index is 2.30. The molecule has 0 spiro atoms. The maximum Gasteiger partial charge on any atom is 0.0450 e. The summed E-state index contributed by atoms with van der Waals surface area (Å²) in [5, 5.41) is 0.768. The van der Waals surface area contributed by atoms with Crippen molar-refractivity contribution in [3.8, 4) is 0 Å². The van der Waals surface area contributed by atoms with Crippen LogP contribution in [0.2, 0.25) is 5.02 Å². The van der Waals surface area contributed by atoms with Crippen LogP contribution in [0.25, 0.3) is 0 Å². The lowest BCUT2D eigenvalue weighted by atomic mass is 9.81. The zero-order valence-electron chi connectivity index (χ0n) is 11.3. The van der Waals surface area contributed by atoms with Crippen LogP contribution in [0.3, 0.4) is 0 Å². The summed E-state index contributed by atoms with van der Waals surface area (Å²) in [6.07, 6.45) is 2.83. The highest BCUT2D eigenvalue weighted by Crippen LogP contribution is 2.28. The molecule has 0 fully saturated rings. The smallest absolute Gasteiger partial charge is 0.0450 e. The van der Waals surface area contributed by atoms with E-state index >= 15 is 0 Å². The average molecular weight is 274 g/mol. The molecule has 0 bridgehead atoms. The fourth-order valence-corrected chi connectivity index (χ4v) is 2.78. The second-order valence-corrected chi connectivity index (χ2v) is 5.52. The van der Waals surface area contributed by atoms with Gasteiger partial charge in [-0.2, -0.15) is 0 Å². The van der Waals surface area contributed by atoms with E-state index in [0.717, 1.165) is 24.3 Å². The maximum absolute atomic E-state index is 6.67. The Morgan fingerprint density at radius 1 is 1.05 bits per heavy atom. The second kappa shape index (κ2) is 6.23. The van der Waals surface area contributed by atoms with Crippen molar-refractivity contribution in [1.82, 2.24) is 0 Å². The molecule has 0 aliphatic heterocycles. The molecule has 0 radical (unpaired) electrons. The van der Waals surface area contributed by atoms with Crippen molar-refractivity contribution in [1.29, 1.82) is 0 Å². The Kier molecular flexibility index (Phi) is 4.62. The van der Waals surface area contributed by atoms with Gasteiger partial charge in [-0.1, -0.05) is 67.4 Å². The highest BCUT2D eigenvalue weighted by molar-refractivity contribution is 6.30. The molecule has 1 unspecified atom stereocenters. The minimum atomic E-state index is -0.319. The van der Waals surface area contributed by atoms with Crippen LogP contribution < -0.4 is 5.73 Å². The minimum Gasteiger partial charge on any atom is -0.321 e. The molecule has 19 heavy (non-hydrogen) atoms. The normalized spacial score (nSPS) is 14.1. The standard InChI is InChI=1S/C17H20ClN/c1-2-11-17(19,15-8-4-3-5-9-15)13-14-7-6-10-16(18)12-14/h3-10,12H,2,11,13,19H2,1H3. The summed E-state index contributed by atoms with van der Waals surface area (Å²) in [5.74, 6) is 0. The molecule has 2 aromatic rings. The average Bonchev–Trinajstić information content (AvgIpc) is 2.40. The van der Waals surface area contributed by atoms with E-state index in [1.165, 1.54) is 11.1 Å². The molecule has 0 saturated heterocycles. The van der Waals surface area contributed by atoms with Gasteiger partial charge in [0.15, 0.2) is 0 Å². The van der Waals surface area contributed by atoms with Gasteiger partial charge in [-0.25, -0.2) is 0 Å². The molecule has 0 aliphatic carbocycles. The van der Waals surface area contributed by atoms with Crippen molar-refractivity contribution in [2.75, 3.05) is 0 Å². The third-order valence-corrected chi connectivity index (χ3v) is 3.69. The molecule has 0 amide bonds. The van der Waals surface area contributed by atoms with E-state index in [1.54, 1.807) is 0 Å². The number of nitrogens with two attached hydrogens (primary N) is 1. The predicted octanol–water partition coefficient (Wildman–Crippen LogP) is 4.54. The van der Waals surface area contributed by atoms with Crippen LogP contribution in [0.15, 0.2) is 54.6 Å². The quantitative estimate of drug-likeness (QED) is 0.851. The first kappa shape index (κ1) is 14.1. The number of halogens is 1. The minimum absolute atomic E-state index is 0.319. The topological polar surface area (TPSA) is 26.0 Å². The Hall–Kier alpha value is -1.31. The summed E-state index contributed by atoms with van der Waals surface area (Å²) in [5.41, 5.74) is 8.73. The molecule has 1 nitrogen and oxygen atoms in total. The van der Waals surface area contributed by atoms with E-state index < -0.39 is 0 Å². The van der Waals surface area contributed by atoms with Crippen LogP contribution in [0.4, 0.5) is 0 Å². The van der Waals surface area contributed by atoms with Gasteiger partial charge in [0.1, 0.15) is 0 Å². The Bertz CT molecular complexity index is 524. The lowest BCUT2D eigenvalue weighted by Gasteiger charge is -2.30. The van der Waals surface area contributed by atoms with Crippen LogP contribution in [0.5, 0.6) is 0 Å². The van der Waals surface area contributed by atoms with Crippen molar-refractivity contribution in [2.45, 2.75) is 31.7 Å². The highest BCUT2D eigenvalue weighted by Gasteiger charge is 2.26. The summed E-state index contributed by atoms with van der Waals surface area (Å²) in [6.45, 7) is 2.17. The summed E-state index contributed by atoms with van der Waals surface area (Å²) < 4.78 is 0. The van der Waals surface area contributed by atoms with Gasteiger partial charge in [-0.3, -0.25) is 0 Å². The second-order valence-electron chi connectivity index (χ2n) is 5.08. The first-order chi connectivity index (χ1) is 9.14. The Morgan fingerprint density at radius 3 is 2.42 bits per heavy atom. The van der Waals surface area contributed by atoms with E-state index in [0.29, 0.717) is 0 Å². The molecule has 2 rings (SSSR count). The van der Waals surface area contributed by atoms with E-state index in [-0.39, 0.29) is 5.54 Å². The fraction of sp³-hybridized carbons (Fsp3) is 0.294. The van der Waals surface area contributed by atoms with Gasteiger partial charge in [0, 0.05) is 10.6 Å². The molecule has 0 heterocycles. The van der Waals surface area contributed by atoms with E-state index in [1.807, 2.05) is 36.4 Å². The number of hydrogen-bond donors (Lipinski definition) is 1. The number of rotatable bonds is 5. The molecule has 0 saturated carbocycles. The van der Waals surface area contributed by atoms with Gasteiger partial charge in [-0.05, 0) is 36.1 Å². The molecular weight excluding hydrogens is 254 g/mol. The summed E-state index contributed by atoms with van der Waals surface area (Å²) in [4.78, 5) is 0. The maximum atomic E-state index is 6.67. The summed E-state index contributed by atoms with van der Waals surface area (Å²) in [6, 6.07) is 18.3. The van der Waals surface area contributed by atoms with Crippen LogP contribution in [0, 0.1) is 0 Å². The molecule has 1 atom stereocenters.